The Kier molecular flexibility index (Phi) is 10.0. The van der Waals surface area contributed by atoms with Crippen molar-refractivity contribution in [1.82, 2.24) is 25.8 Å². The van der Waals surface area contributed by atoms with Crippen molar-refractivity contribution < 1.29 is 4.52 Å². The Morgan fingerprint density at radius 1 is 1.14 bits per heavy atom. The molecule has 28 heavy (non-hydrogen) atoms. The summed E-state index contributed by atoms with van der Waals surface area (Å²) in [5.41, 5.74) is 0.692. The molecule has 2 N–H and O–H groups in total. The van der Waals surface area contributed by atoms with E-state index < -0.39 is 0 Å². The van der Waals surface area contributed by atoms with Crippen LogP contribution < -0.4 is 10.6 Å². The molecule has 2 rings (SSSR count). The number of nitrogens with one attached hydrogen (secondary N) is 2. The zero-order chi connectivity index (χ0) is 20.0. The van der Waals surface area contributed by atoms with E-state index in [0.29, 0.717) is 30.4 Å². The first-order valence-electron chi connectivity index (χ1n) is 10.4. The number of hydrogen-bond donors (Lipinski definition) is 2. The lowest BCUT2D eigenvalue weighted by molar-refractivity contribution is 0.421. The molecular weight excluding hydrogens is 352 g/mol. The van der Waals surface area contributed by atoms with Crippen LogP contribution in [0.15, 0.2) is 33.9 Å². The molecule has 0 aliphatic heterocycles. The van der Waals surface area contributed by atoms with Gasteiger partial charge in [-0.3, -0.25) is 9.98 Å². The minimum Gasteiger partial charge on any atom is -0.357 e. The van der Waals surface area contributed by atoms with Gasteiger partial charge in [-0.1, -0.05) is 50.8 Å². The van der Waals surface area contributed by atoms with Gasteiger partial charge in [-0.15, -0.1) is 0 Å². The molecule has 0 fully saturated rings. The highest BCUT2D eigenvalue weighted by Gasteiger charge is 2.09. The van der Waals surface area contributed by atoms with E-state index in [2.05, 4.69) is 51.5 Å². The van der Waals surface area contributed by atoms with Crippen molar-refractivity contribution in [2.45, 2.75) is 59.3 Å². The summed E-state index contributed by atoms with van der Waals surface area (Å²) in [7, 11) is 0. The molecule has 154 valence electrons. The van der Waals surface area contributed by atoms with Crippen LogP contribution in [0.5, 0.6) is 0 Å². The van der Waals surface area contributed by atoms with E-state index in [0.717, 1.165) is 31.4 Å². The minimum atomic E-state index is 0.452. The van der Waals surface area contributed by atoms with Crippen LogP contribution in [0.2, 0.25) is 0 Å². The lowest BCUT2D eigenvalue weighted by Gasteiger charge is -2.10. The third-order valence-electron chi connectivity index (χ3n) is 4.30. The molecule has 0 spiro atoms. The van der Waals surface area contributed by atoms with Crippen molar-refractivity contribution in [3.63, 3.8) is 0 Å². The highest BCUT2D eigenvalue weighted by Crippen LogP contribution is 2.13. The molecule has 0 amide bonds. The second-order valence-corrected chi connectivity index (χ2v) is 7.26. The fourth-order valence-electron chi connectivity index (χ4n) is 2.79. The van der Waals surface area contributed by atoms with Crippen LogP contribution in [-0.2, 0) is 6.42 Å². The average Bonchev–Trinajstić information content (AvgIpc) is 3.16. The number of aliphatic imine (C=N–C) groups is 1. The van der Waals surface area contributed by atoms with Crippen LogP contribution in [0.25, 0.3) is 11.6 Å². The van der Waals surface area contributed by atoms with Gasteiger partial charge in [0.15, 0.2) is 11.8 Å². The van der Waals surface area contributed by atoms with Crippen LogP contribution in [0.4, 0.5) is 0 Å². The number of nitrogens with zero attached hydrogens (tertiary/aromatic N) is 4. The quantitative estimate of drug-likeness (QED) is 0.327. The molecule has 0 aliphatic rings. The van der Waals surface area contributed by atoms with Gasteiger partial charge in [0.1, 0.15) is 5.69 Å². The largest absolute Gasteiger partial charge is 0.357 e. The summed E-state index contributed by atoms with van der Waals surface area (Å²) in [5, 5.41) is 10.6. The highest BCUT2D eigenvalue weighted by molar-refractivity contribution is 5.79. The topological polar surface area (TPSA) is 88.2 Å². The van der Waals surface area contributed by atoms with Gasteiger partial charge < -0.3 is 15.2 Å². The van der Waals surface area contributed by atoms with E-state index in [4.69, 9.17) is 4.52 Å². The summed E-state index contributed by atoms with van der Waals surface area (Å²) in [5.74, 6) is 2.77. The van der Waals surface area contributed by atoms with Gasteiger partial charge in [0.05, 0.1) is 0 Å². The lowest BCUT2D eigenvalue weighted by Crippen LogP contribution is -2.38. The fourth-order valence-corrected chi connectivity index (χ4v) is 2.79. The van der Waals surface area contributed by atoms with Gasteiger partial charge in [-0.25, -0.2) is 0 Å². The van der Waals surface area contributed by atoms with Crippen molar-refractivity contribution in [2.75, 3.05) is 19.6 Å². The van der Waals surface area contributed by atoms with Crippen LogP contribution in [0.3, 0.4) is 0 Å². The molecular formula is C21H34N6O. The predicted octanol–water partition coefficient (Wildman–Crippen LogP) is 3.84. The zero-order valence-corrected chi connectivity index (χ0v) is 17.4. The van der Waals surface area contributed by atoms with Gasteiger partial charge in [0.2, 0.25) is 0 Å². The van der Waals surface area contributed by atoms with E-state index in [1.54, 1.807) is 6.20 Å². The molecule has 0 saturated carbocycles. The third-order valence-corrected chi connectivity index (χ3v) is 4.30. The maximum atomic E-state index is 5.28. The van der Waals surface area contributed by atoms with E-state index >= 15 is 0 Å². The number of rotatable bonds is 12. The average molecular weight is 387 g/mol. The zero-order valence-electron chi connectivity index (χ0n) is 17.4. The van der Waals surface area contributed by atoms with Gasteiger partial charge in [0.25, 0.3) is 5.89 Å². The number of aromatic nitrogens is 3. The van der Waals surface area contributed by atoms with Crippen LogP contribution >= 0.6 is 0 Å². The van der Waals surface area contributed by atoms with Gasteiger partial charge in [-0.2, -0.15) is 4.98 Å². The first-order valence-corrected chi connectivity index (χ1v) is 10.4. The van der Waals surface area contributed by atoms with E-state index in [9.17, 15) is 0 Å². The SMILES string of the molecule is CCNC(=NCCCCCCC(C)C)NCCc1noc(-c2ccccn2)n1. The standard InChI is InChI=1S/C21H34N6O/c1-4-22-21(24-15-9-6-5-7-11-17(2)3)25-16-13-19-26-20(28-27-19)18-12-8-10-14-23-18/h8,10,12,14,17H,4-7,9,11,13,15-16H2,1-3H3,(H2,22,24,25). The third kappa shape index (κ3) is 8.50. The molecule has 0 atom stereocenters. The first-order chi connectivity index (χ1) is 13.7. The Hall–Kier alpha value is -2.44. The summed E-state index contributed by atoms with van der Waals surface area (Å²) in [6.45, 7) is 9.03. The van der Waals surface area contributed by atoms with Crippen molar-refractivity contribution in [3.05, 3.63) is 30.2 Å². The molecule has 7 heteroatoms. The Morgan fingerprint density at radius 3 is 2.75 bits per heavy atom. The van der Waals surface area contributed by atoms with Crippen molar-refractivity contribution >= 4 is 5.96 Å². The number of hydrogen-bond acceptors (Lipinski definition) is 5. The lowest BCUT2D eigenvalue weighted by atomic mass is 10.0. The summed E-state index contributed by atoms with van der Waals surface area (Å²) < 4.78 is 5.28. The minimum absolute atomic E-state index is 0.452. The fraction of sp³-hybridized carbons (Fsp3) is 0.619. The second-order valence-electron chi connectivity index (χ2n) is 7.26. The Balaban J connectivity index is 1.69. The molecule has 7 nitrogen and oxygen atoms in total. The molecule has 0 bridgehead atoms. The van der Waals surface area contributed by atoms with Crippen LogP contribution in [0.1, 0.15) is 58.7 Å². The molecule has 2 aromatic heterocycles. The van der Waals surface area contributed by atoms with Gasteiger partial charge in [0, 0.05) is 32.3 Å². The van der Waals surface area contributed by atoms with E-state index in [1.807, 2.05) is 18.2 Å². The maximum absolute atomic E-state index is 5.28. The molecule has 0 radical (unpaired) electrons. The highest BCUT2D eigenvalue weighted by atomic mass is 16.5. The molecule has 0 saturated heterocycles. The number of guanidine groups is 1. The number of unbranched alkanes of at least 4 members (excludes halogenated alkanes) is 3. The predicted molar refractivity (Wildman–Crippen MR) is 113 cm³/mol. The first kappa shape index (κ1) is 21.9. The van der Waals surface area contributed by atoms with Gasteiger partial charge in [-0.05, 0) is 31.4 Å². The van der Waals surface area contributed by atoms with Crippen molar-refractivity contribution in [2.24, 2.45) is 10.9 Å². The van der Waals surface area contributed by atoms with Crippen molar-refractivity contribution in [1.29, 1.82) is 0 Å². The van der Waals surface area contributed by atoms with Gasteiger partial charge >= 0.3 is 0 Å². The monoisotopic (exact) mass is 386 g/mol. The second kappa shape index (κ2) is 12.9. The molecule has 0 unspecified atom stereocenters. The molecule has 0 aliphatic carbocycles. The summed E-state index contributed by atoms with van der Waals surface area (Å²) >= 11 is 0. The Bertz CT molecular complexity index is 683. The molecule has 2 heterocycles. The Labute approximate surface area is 168 Å². The summed E-state index contributed by atoms with van der Waals surface area (Å²) in [6.07, 6.45) is 8.70. The summed E-state index contributed by atoms with van der Waals surface area (Å²) in [6, 6.07) is 5.61. The van der Waals surface area contributed by atoms with Crippen molar-refractivity contribution in [3.8, 4) is 11.6 Å². The number of pyridine rings is 1. The molecule has 0 aromatic carbocycles. The maximum Gasteiger partial charge on any atom is 0.276 e. The normalized spacial score (nSPS) is 11.8. The summed E-state index contributed by atoms with van der Waals surface area (Å²) in [4.78, 5) is 13.3. The van der Waals surface area contributed by atoms with E-state index in [-0.39, 0.29) is 0 Å². The smallest absolute Gasteiger partial charge is 0.276 e. The van der Waals surface area contributed by atoms with Crippen LogP contribution in [-0.4, -0.2) is 40.7 Å². The molecule has 2 aromatic rings. The Morgan fingerprint density at radius 2 is 2.00 bits per heavy atom. The van der Waals surface area contributed by atoms with E-state index in [1.165, 1.54) is 25.7 Å². The van der Waals surface area contributed by atoms with Crippen LogP contribution in [0, 0.1) is 5.92 Å².